The Morgan fingerprint density at radius 1 is 1.06 bits per heavy atom. The number of carbonyl (C=O) groups is 2. The highest BCUT2D eigenvalue weighted by molar-refractivity contribution is 5.81. The summed E-state index contributed by atoms with van der Waals surface area (Å²) in [4.78, 5) is 38.6. The second-order valence-corrected chi connectivity index (χ2v) is 8.84. The average molecular weight is 491 g/mol. The summed E-state index contributed by atoms with van der Waals surface area (Å²) in [5, 5.41) is 12.4. The van der Waals surface area contributed by atoms with Gasteiger partial charge in [0.05, 0.1) is 12.5 Å². The van der Waals surface area contributed by atoms with Crippen LogP contribution in [0.15, 0.2) is 71.7 Å². The number of pyridine rings is 1. The molecule has 0 bridgehead atoms. The number of carboxylic acid groups (broad SMARTS) is 1. The zero-order valence-electron chi connectivity index (χ0n) is 20.2. The summed E-state index contributed by atoms with van der Waals surface area (Å²) in [5.41, 5.74) is 1.96. The van der Waals surface area contributed by atoms with Crippen molar-refractivity contribution in [2.45, 2.75) is 51.1 Å². The van der Waals surface area contributed by atoms with Crippen molar-refractivity contribution < 1.29 is 24.2 Å². The maximum atomic E-state index is 13.6. The van der Waals surface area contributed by atoms with Crippen LogP contribution in [-0.4, -0.2) is 28.3 Å². The van der Waals surface area contributed by atoms with Crippen LogP contribution >= 0.6 is 0 Å². The van der Waals surface area contributed by atoms with Crippen molar-refractivity contribution in [1.29, 1.82) is 0 Å². The van der Waals surface area contributed by atoms with Crippen LogP contribution < -0.4 is 20.3 Å². The van der Waals surface area contributed by atoms with Gasteiger partial charge in [-0.1, -0.05) is 62.2 Å². The number of carbonyl (C=O) groups excluding carboxylic acids is 1. The molecule has 36 heavy (non-hydrogen) atoms. The number of nitrogens with one attached hydrogen (secondary N) is 1. The van der Waals surface area contributed by atoms with Gasteiger partial charge in [-0.2, -0.15) is 0 Å². The van der Waals surface area contributed by atoms with E-state index in [4.69, 9.17) is 9.47 Å². The molecular weight excluding hydrogens is 460 g/mol. The Labute approximate surface area is 209 Å². The van der Waals surface area contributed by atoms with Crippen molar-refractivity contribution in [2.24, 2.45) is 0 Å². The number of ether oxygens (including phenoxy) is 2. The van der Waals surface area contributed by atoms with E-state index in [0.29, 0.717) is 35.5 Å². The smallest absolute Gasteiger partial charge is 0.305 e. The van der Waals surface area contributed by atoms with E-state index in [1.54, 1.807) is 36.5 Å². The van der Waals surface area contributed by atoms with Crippen LogP contribution in [-0.2, 0) is 16.0 Å². The number of aromatic nitrogens is 1. The second-order valence-electron chi connectivity index (χ2n) is 8.84. The number of benzene rings is 2. The summed E-state index contributed by atoms with van der Waals surface area (Å²) >= 11 is 0. The van der Waals surface area contributed by atoms with Gasteiger partial charge in [0.1, 0.15) is 6.04 Å². The first-order valence-electron chi connectivity index (χ1n) is 12.1. The first kappa shape index (κ1) is 25.0. The minimum atomic E-state index is -1.05. The minimum Gasteiger partial charge on any atom is -0.481 e. The lowest BCUT2D eigenvalue weighted by molar-refractivity contribution is -0.138. The Morgan fingerprint density at radius 3 is 2.58 bits per heavy atom. The Morgan fingerprint density at radius 2 is 1.83 bits per heavy atom. The fourth-order valence-corrected chi connectivity index (χ4v) is 4.37. The Hall–Kier alpha value is -4.07. The van der Waals surface area contributed by atoms with Gasteiger partial charge >= 0.3 is 5.97 Å². The molecule has 4 rings (SSSR count). The molecule has 1 aromatic heterocycles. The van der Waals surface area contributed by atoms with Crippen molar-refractivity contribution >= 4 is 11.9 Å². The quantitative estimate of drug-likeness (QED) is 0.417. The summed E-state index contributed by atoms with van der Waals surface area (Å²) in [6, 6.07) is 16.8. The third-order valence-electron chi connectivity index (χ3n) is 6.25. The molecule has 0 saturated heterocycles. The molecule has 0 fully saturated rings. The molecule has 8 nitrogen and oxygen atoms in total. The number of amides is 1. The SMILES string of the molecule is CCCCC(C(=O)N[C@@H](CC(=O)O)c1ccc2c(c1)OCO2)n1cccc(Cc2ccccc2)c1=O. The van der Waals surface area contributed by atoms with Gasteiger partial charge in [0.2, 0.25) is 12.7 Å². The minimum absolute atomic E-state index is 0.0933. The fraction of sp³-hybridized carbons (Fsp3) is 0.321. The second kappa shape index (κ2) is 11.6. The molecule has 1 unspecified atom stereocenters. The van der Waals surface area contributed by atoms with Crippen LogP contribution in [0.1, 0.15) is 61.4 Å². The zero-order valence-corrected chi connectivity index (χ0v) is 20.2. The third kappa shape index (κ3) is 5.94. The molecule has 2 N–H and O–H groups in total. The number of aliphatic carboxylic acids is 1. The zero-order chi connectivity index (χ0) is 25.5. The van der Waals surface area contributed by atoms with Gasteiger partial charge in [0, 0.05) is 18.2 Å². The number of carboxylic acids is 1. The molecule has 188 valence electrons. The molecule has 0 spiro atoms. The van der Waals surface area contributed by atoms with Gasteiger partial charge in [-0.25, -0.2) is 0 Å². The molecule has 0 radical (unpaired) electrons. The summed E-state index contributed by atoms with van der Waals surface area (Å²) < 4.78 is 12.2. The Balaban J connectivity index is 1.61. The van der Waals surface area contributed by atoms with E-state index in [2.05, 4.69) is 5.32 Å². The van der Waals surface area contributed by atoms with Crippen molar-refractivity contribution in [3.05, 3.63) is 93.9 Å². The lowest BCUT2D eigenvalue weighted by Crippen LogP contribution is -2.40. The molecule has 2 atom stereocenters. The number of unbranched alkanes of at least 4 members (excludes halogenated alkanes) is 1. The van der Waals surface area contributed by atoms with Gasteiger partial charge in [0.15, 0.2) is 11.5 Å². The highest BCUT2D eigenvalue weighted by Gasteiger charge is 2.27. The van der Waals surface area contributed by atoms with Crippen LogP contribution in [0.5, 0.6) is 11.5 Å². The van der Waals surface area contributed by atoms with Crippen molar-refractivity contribution in [3.8, 4) is 11.5 Å². The number of rotatable bonds is 11. The molecule has 0 aliphatic carbocycles. The highest BCUT2D eigenvalue weighted by Crippen LogP contribution is 2.35. The van der Waals surface area contributed by atoms with E-state index in [-0.39, 0.29) is 18.8 Å². The lowest BCUT2D eigenvalue weighted by Gasteiger charge is -2.24. The van der Waals surface area contributed by atoms with E-state index in [1.165, 1.54) is 4.57 Å². The van der Waals surface area contributed by atoms with Crippen LogP contribution in [0.4, 0.5) is 0 Å². The monoisotopic (exact) mass is 490 g/mol. The largest absolute Gasteiger partial charge is 0.481 e. The van der Waals surface area contributed by atoms with Gasteiger partial charge in [-0.05, 0) is 35.7 Å². The van der Waals surface area contributed by atoms with E-state index in [1.807, 2.05) is 37.3 Å². The normalized spacial score (nSPS) is 13.7. The standard InChI is InChI=1S/C28H30N2O6/c1-2-3-11-23(30-14-7-10-21(28(30)34)15-19-8-5-4-6-9-19)27(33)29-22(17-26(31)32)20-12-13-24-25(16-20)36-18-35-24/h4-10,12-14,16,22-23H,2-3,11,15,17-18H2,1H3,(H,29,33)(H,31,32)/t22-,23?/m0/s1. The van der Waals surface area contributed by atoms with E-state index < -0.39 is 24.0 Å². The molecule has 2 aromatic carbocycles. The number of fused-ring (bicyclic) bond motifs is 1. The van der Waals surface area contributed by atoms with Gasteiger partial charge in [0.25, 0.3) is 5.56 Å². The van der Waals surface area contributed by atoms with Crippen LogP contribution in [0, 0.1) is 0 Å². The maximum Gasteiger partial charge on any atom is 0.305 e. The van der Waals surface area contributed by atoms with E-state index in [0.717, 1.165) is 18.4 Å². The summed E-state index contributed by atoms with van der Waals surface area (Å²) in [6.45, 7) is 2.11. The van der Waals surface area contributed by atoms with Gasteiger partial charge in [-0.15, -0.1) is 0 Å². The van der Waals surface area contributed by atoms with E-state index >= 15 is 0 Å². The van der Waals surface area contributed by atoms with Crippen molar-refractivity contribution in [2.75, 3.05) is 6.79 Å². The summed E-state index contributed by atoms with van der Waals surface area (Å²) in [7, 11) is 0. The molecule has 1 amide bonds. The molecular formula is C28H30N2O6. The molecule has 3 aromatic rings. The summed E-state index contributed by atoms with van der Waals surface area (Å²) in [6.07, 6.45) is 3.82. The molecule has 0 saturated carbocycles. The highest BCUT2D eigenvalue weighted by atomic mass is 16.7. The van der Waals surface area contributed by atoms with Gasteiger partial charge in [-0.3, -0.25) is 14.4 Å². The van der Waals surface area contributed by atoms with E-state index in [9.17, 15) is 19.5 Å². The molecule has 2 heterocycles. The van der Waals surface area contributed by atoms with Crippen molar-refractivity contribution in [3.63, 3.8) is 0 Å². The number of hydrogen-bond donors (Lipinski definition) is 2. The first-order chi connectivity index (χ1) is 17.5. The Bertz CT molecular complexity index is 1270. The fourth-order valence-electron chi connectivity index (χ4n) is 4.37. The lowest BCUT2D eigenvalue weighted by atomic mass is 10.0. The van der Waals surface area contributed by atoms with Crippen LogP contribution in [0.2, 0.25) is 0 Å². The Kier molecular flexibility index (Phi) is 8.05. The number of hydrogen-bond acceptors (Lipinski definition) is 5. The predicted octanol–water partition coefficient (Wildman–Crippen LogP) is 4.23. The van der Waals surface area contributed by atoms with Crippen LogP contribution in [0.3, 0.4) is 0 Å². The summed E-state index contributed by atoms with van der Waals surface area (Å²) in [5.74, 6) is -0.373. The van der Waals surface area contributed by atoms with Crippen LogP contribution in [0.25, 0.3) is 0 Å². The maximum absolute atomic E-state index is 13.6. The van der Waals surface area contributed by atoms with Crippen molar-refractivity contribution in [1.82, 2.24) is 9.88 Å². The average Bonchev–Trinajstić information content (AvgIpc) is 3.34. The molecule has 1 aliphatic rings. The molecule has 1 aliphatic heterocycles. The third-order valence-corrected chi connectivity index (χ3v) is 6.25. The number of nitrogens with zero attached hydrogens (tertiary/aromatic N) is 1. The topological polar surface area (TPSA) is 107 Å². The van der Waals surface area contributed by atoms with Gasteiger partial charge < -0.3 is 24.5 Å². The first-order valence-corrected chi connectivity index (χ1v) is 12.1. The molecule has 8 heteroatoms. The predicted molar refractivity (Wildman–Crippen MR) is 134 cm³/mol.